The number of fused-ring (bicyclic) bond motifs is 2. The molecule has 152 valence electrons. The van der Waals surface area contributed by atoms with Crippen LogP contribution < -0.4 is 9.64 Å². The Labute approximate surface area is 177 Å². The highest BCUT2D eigenvalue weighted by molar-refractivity contribution is 6.31. The topological polar surface area (TPSA) is 63.4 Å². The average Bonchev–Trinajstić information content (AvgIpc) is 3.09. The zero-order valence-electron chi connectivity index (χ0n) is 16.1. The maximum Gasteiger partial charge on any atom is 0.175 e. The van der Waals surface area contributed by atoms with E-state index in [2.05, 4.69) is 9.97 Å². The van der Waals surface area contributed by atoms with Crippen molar-refractivity contribution >= 4 is 34.1 Å². The summed E-state index contributed by atoms with van der Waals surface area (Å²) in [6.07, 6.45) is 1.77. The first-order valence-electron chi connectivity index (χ1n) is 9.50. The third-order valence-electron chi connectivity index (χ3n) is 5.19. The van der Waals surface area contributed by atoms with Crippen LogP contribution in [0.15, 0.2) is 54.7 Å². The summed E-state index contributed by atoms with van der Waals surface area (Å²) in [6.45, 7) is 2.08. The molecule has 3 heterocycles. The minimum atomic E-state index is -0.314. The largest absolute Gasteiger partial charge is 0.488 e. The molecule has 0 saturated heterocycles. The molecule has 5 rings (SSSR count). The van der Waals surface area contributed by atoms with E-state index in [0.717, 1.165) is 5.56 Å². The van der Waals surface area contributed by atoms with E-state index in [1.165, 1.54) is 6.07 Å². The number of nitrogens with zero attached hydrogens (tertiary/aromatic N) is 4. The van der Waals surface area contributed by atoms with Gasteiger partial charge in [0.05, 0.1) is 29.4 Å². The summed E-state index contributed by atoms with van der Waals surface area (Å²) >= 11 is 6.02. The average molecular weight is 425 g/mol. The molecule has 8 heteroatoms. The number of pyridine rings is 1. The maximum atomic E-state index is 15.1. The van der Waals surface area contributed by atoms with Gasteiger partial charge in [0.25, 0.3) is 0 Å². The number of benzene rings is 2. The number of anilines is 2. The lowest BCUT2D eigenvalue weighted by Crippen LogP contribution is -2.43. The van der Waals surface area contributed by atoms with Crippen LogP contribution in [0.25, 0.3) is 22.4 Å². The molecular formula is C22H18ClFN4O2. The lowest BCUT2D eigenvalue weighted by Gasteiger charge is -2.37. The second-order valence-electron chi connectivity index (χ2n) is 7.21. The van der Waals surface area contributed by atoms with Crippen LogP contribution in [0.3, 0.4) is 0 Å². The molecule has 0 aliphatic carbocycles. The van der Waals surface area contributed by atoms with Crippen molar-refractivity contribution < 1.29 is 14.3 Å². The molecule has 1 atom stereocenters. The Morgan fingerprint density at radius 1 is 1.23 bits per heavy atom. The summed E-state index contributed by atoms with van der Waals surface area (Å²) in [5, 5.41) is 10.3. The Kier molecular flexibility index (Phi) is 4.56. The van der Waals surface area contributed by atoms with Crippen LogP contribution in [0, 0.1) is 6.92 Å². The van der Waals surface area contributed by atoms with Crippen LogP contribution in [0.1, 0.15) is 5.56 Å². The third-order valence-corrected chi connectivity index (χ3v) is 5.43. The first kappa shape index (κ1) is 18.8. The number of rotatable bonds is 3. The van der Waals surface area contributed by atoms with Crippen molar-refractivity contribution in [3.8, 4) is 17.1 Å². The Morgan fingerprint density at radius 3 is 2.87 bits per heavy atom. The monoisotopic (exact) mass is 424 g/mol. The lowest BCUT2D eigenvalue weighted by molar-refractivity contribution is 0.194. The van der Waals surface area contributed by atoms with E-state index >= 15 is 4.48 Å². The smallest absolute Gasteiger partial charge is 0.175 e. The highest BCUT2D eigenvalue weighted by atomic mass is 35.5. The number of aryl methyl sites for hydroxylation is 1. The number of ether oxygens (including phenoxy) is 1. The van der Waals surface area contributed by atoms with Crippen molar-refractivity contribution in [2.75, 3.05) is 18.1 Å². The van der Waals surface area contributed by atoms with Crippen LogP contribution in [0.4, 0.5) is 16.0 Å². The number of hydrogen-bond donors (Lipinski definition) is 1. The second-order valence-corrected chi connectivity index (χ2v) is 7.65. The second kappa shape index (κ2) is 7.27. The van der Waals surface area contributed by atoms with Gasteiger partial charge in [0, 0.05) is 11.2 Å². The molecular weight excluding hydrogens is 407 g/mol. The van der Waals surface area contributed by atoms with Gasteiger partial charge in [-0.3, -0.25) is 0 Å². The number of aliphatic hydroxyl groups excluding tert-OH is 1. The van der Waals surface area contributed by atoms with Crippen molar-refractivity contribution in [1.29, 1.82) is 0 Å². The summed E-state index contributed by atoms with van der Waals surface area (Å²) in [5.41, 5.74) is 3.02. The molecule has 0 amide bonds. The summed E-state index contributed by atoms with van der Waals surface area (Å²) in [4.78, 5) is 11.4. The molecule has 30 heavy (non-hydrogen) atoms. The molecule has 4 aromatic rings. The zero-order valence-corrected chi connectivity index (χ0v) is 16.8. The van der Waals surface area contributed by atoms with Crippen LogP contribution in [-0.2, 0) is 0 Å². The Balaban J connectivity index is 1.69. The minimum absolute atomic E-state index is 0.112. The van der Waals surface area contributed by atoms with Crippen LogP contribution in [0.5, 0.6) is 5.75 Å². The standard InChI is InChI=1S/C22H18ClFN4O2/c1-13-5-8-20(25-10-13)27-15(11-29)12-30-21-16(3-2-4-18(21)27)22-26-17-7-6-14(23)9-19(17)28(22)24/h2-10,15,29H,11-12H2,1H3/t15-/m0/s1. The summed E-state index contributed by atoms with van der Waals surface area (Å²) in [5.74, 6) is 1.30. The van der Waals surface area contributed by atoms with Crippen molar-refractivity contribution in [3.63, 3.8) is 0 Å². The molecule has 0 radical (unpaired) electrons. The Bertz CT molecular complexity index is 1240. The van der Waals surface area contributed by atoms with E-state index in [9.17, 15) is 5.11 Å². The van der Waals surface area contributed by atoms with Gasteiger partial charge in [0.1, 0.15) is 17.9 Å². The number of halogens is 2. The van der Waals surface area contributed by atoms with E-state index in [4.69, 9.17) is 16.3 Å². The number of para-hydroxylation sites is 1. The SMILES string of the molecule is Cc1ccc(N2c3cccc(-c4nc5ccc(Cl)cc5n4F)c3OC[C@@H]2CO)nc1. The van der Waals surface area contributed by atoms with Gasteiger partial charge < -0.3 is 14.7 Å². The van der Waals surface area contributed by atoms with Gasteiger partial charge in [-0.25, -0.2) is 9.97 Å². The fourth-order valence-electron chi connectivity index (χ4n) is 3.73. The number of imidazole rings is 1. The first-order chi connectivity index (χ1) is 14.6. The van der Waals surface area contributed by atoms with E-state index < -0.39 is 0 Å². The van der Waals surface area contributed by atoms with Gasteiger partial charge in [-0.1, -0.05) is 28.2 Å². The number of aromatic nitrogens is 3. The Hall–Kier alpha value is -3.16. The van der Waals surface area contributed by atoms with Crippen LogP contribution in [0.2, 0.25) is 5.02 Å². The molecule has 1 aliphatic rings. The normalized spacial score (nSPS) is 15.9. The minimum Gasteiger partial charge on any atom is -0.488 e. The quantitative estimate of drug-likeness (QED) is 0.517. The Morgan fingerprint density at radius 2 is 2.10 bits per heavy atom. The van der Waals surface area contributed by atoms with Crippen molar-refractivity contribution in [1.82, 2.24) is 14.8 Å². The fraction of sp³-hybridized carbons (Fsp3) is 0.182. The van der Waals surface area contributed by atoms with Gasteiger partial charge in [-0.15, -0.1) is 0 Å². The van der Waals surface area contributed by atoms with Crippen LogP contribution in [-0.4, -0.2) is 39.1 Å². The summed E-state index contributed by atoms with van der Waals surface area (Å²) in [7, 11) is 0. The predicted octanol–water partition coefficient (Wildman–Crippen LogP) is 4.68. The van der Waals surface area contributed by atoms with E-state index in [-0.39, 0.29) is 30.6 Å². The third kappa shape index (κ3) is 2.98. The van der Waals surface area contributed by atoms with Crippen molar-refractivity contribution in [2.45, 2.75) is 13.0 Å². The van der Waals surface area contributed by atoms with E-state index in [1.807, 2.05) is 36.1 Å². The molecule has 1 aliphatic heterocycles. The number of hydrogen-bond acceptors (Lipinski definition) is 5. The maximum absolute atomic E-state index is 15.1. The molecule has 0 saturated carbocycles. The fourth-order valence-corrected chi connectivity index (χ4v) is 3.89. The highest BCUT2D eigenvalue weighted by Gasteiger charge is 2.32. The predicted molar refractivity (Wildman–Crippen MR) is 114 cm³/mol. The van der Waals surface area contributed by atoms with Gasteiger partial charge >= 0.3 is 0 Å². The van der Waals surface area contributed by atoms with Gasteiger partial charge in [0.2, 0.25) is 0 Å². The molecule has 0 fully saturated rings. The summed E-state index contributed by atoms with van der Waals surface area (Å²) in [6, 6.07) is 13.9. The van der Waals surface area contributed by atoms with Gasteiger partial charge in [-0.05, 0) is 48.9 Å². The van der Waals surface area contributed by atoms with Gasteiger partial charge in [-0.2, -0.15) is 4.79 Å². The van der Waals surface area contributed by atoms with E-state index in [1.54, 1.807) is 24.4 Å². The number of aliphatic hydroxyl groups is 1. The summed E-state index contributed by atoms with van der Waals surface area (Å²) < 4.78 is 21.1. The molecule has 0 spiro atoms. The molecule has 2 aromatic heterocycles. The van der Waals surface area contributed by atoms with Crippen LogP contribution >= 0.6 is 11.6 Å². The van der Waals surface area contributed by atoms with E-state index in [0.29, 0.717) is 38.1 Å². The zero-order chi connectivity index (χ0) is 20.8. The van der Waals surface area contributed by atoms with Crippen molar-refractivity contribution in [2.24, 2.45) is 0 Å². The van der Waals surface area contributed by atoms with Gasteiger partial charge in [0.15, 0.2) is 11.6 Å². The first-order valence-corrected chi connectivity index (χ1v) is 9.87. The molecule has 0 bridgehead atoms. The molecule has 2 aromatic carbocycles. The molecule has 6 nitrogen and oxygen atoms in total. The highest BCUT2D eigenvalue weighted by Crippen LogP contribution is 2.44. The molecule has 0 unspecified atom stereocenters. The lowest BCUT2D eigenvalue weighted by atomic mass is 10.1. The van der Waals surface area contributed by atoms with Crippen molar-refractivity contribution in [3.05, 3.63) is 65.3 Å². The molecule has 1 N–H and O–H groups in total.